The lowest BCUT2D eigenvalue weighted by molar-refractivity contribution is -0.131. The highest BCUT2D eigenvalue weighted by molar-refractivity contribution is 5.96. The number of anilines is 1. The lowest BCUT2D eigenvalue weighted by atomic mass is 10.2. The van der Waals surface area contributed by atoms with Crippen LogP contribution in [0.25, 0.3) is 0 Å². The third kappa shape index (κ3) is 7.43. The van der Waals surface area contributed by atoms with E-state index in [1.54, 1.807) is 24.3 Å². The fourth-order valence-electron chi connectivity index (χ4n) is 1.35. The summed E-state index contributed by atoms with van der Waals surface area (Å²) < 4.78 is 0. The number of hydrogen-bond donors (Lipinski definition) is 4. The minimum atomic E-state index is -1.28. The van der Waals surface area contributed by atoms with E-state index in [1.807, 2.05) is 11.5 Å². The van der Waals surface area contributed by atoms with Crippen molar-refractivity contribution in [3.05, 3.63) is 42.5 Å². The zero-order valence-electron chi connectivity index (χ0n) is 11.5. The summed E-state index contributed by atoms with van der Waals surface area (Å²) in [5, 5.41) is 10.9. The van der Waals surface area contributed by atoms with Gasteiger partial charge in [-0.3, -0.25) is 25.2 Å². The normalized spacial score (nSPS) is 10.0. The summed E-state index contributed by atoms with van der Waals surface area (Å²) in [5.74, 6) is -2.97. The van der Waals surface area contributed by atoms with Gasteiger partial charge in [0.25, 0.3) is 5.91 Å². The standard InChI is InChI=1S/C14H15N3O5/c18-11(15-10-4-2-1-3-5-10)6-7-12(19)16-17-13(20)8-9-14(21)22/h1-5,8-9H,6-7H2,(H,15,18)(H,16,19)(H,17,20)(H,21,22). The van der Waals surface area contributed by atoms with Crippen LogP contribution in [0.3, 0.4) is 0 Å². The lowest BCUT2D eigenvalue weighted by Crippen LogP contribution is -2.41. The predicted molar refractivity (Wildman–Crippen MR) is 77.4 cm³/mol. The molecule has 0 aliphatic rings. The Labute approximate surface area is 126 Å². The molecule has 1 rings (SSSR count). The quantitative estimate of drug-likeness (QED) is 0.441. The van der Waals surface area contributed by atoms with E-state index in [0.717, 1.165) is 6.08 Å². The molecule has 22 heavy (non-hydrogen) atoms. The highest BCUT2D eigenvalue weighted by Gasteiger charge is 2.07. The van der Waals surface area contributed by atoms with Crippen LogP contribution in [-0.4, -0.2) is 28.8 Å². The van der Waals surface area contributed by atoms with Gasteiger partial charge >= 0.3 is 5.97 Å². The number of carboxylic acids is 1. The Hall–Kier alpha value is -3.16. The van der Waals surface area contributed by atoms with Gasteiger partial charge in [-0.25, -0.2) is 4.79 Å². The summed E-state index contributed by atoms with van der Waals surface area (Å²) >= 11 is 0. The van der Waals surface area contributed by atoms with Crippen molar-refractivity contribution < 1.29 is 24.3 Å². The summed E-state index contributed by atoms with van der Waals surface area (Å²) in [6.07, 6.45) is 1.21. The number of rotatable bonds is 6. The van der Waals surface area contributed by atoms with Crippen LogP contribution in [0.2, 0.25) is 0 Å². The van der Waals surface area contributed by atoms with E-state index in [9.17, 15) is 19.2 Å². The van der Waals surface area contributed by atoms with Gasteiger partial charge in [-0.05, 0) is 12.1 Å². The smallest absolute Gasteiger partial charge is 0.328 e. The van der Waals surface area contributed by atoms with Gasteiger partial charge in [0.1, 0.15) is 0 Å². The average molecular weight is 305 g/mol. The van der Waals surface area contributed by atoms with Crippen LogP contribution in [0, 0.1) is 0 Å². The number of amides is 3. The zero-order valence-corrected chi connectivity index (χ0v) is 11.5. The molecule has 4 N–H and O–H groups in total. The summed E-state index contributed by atoms with van der Waals surface area (Å²) in [6, 6.07) is 8.77. The second kappa shape index (κ2) is 8.90. The Morgan fingerprint density at radius 1 is 0.909 bits per heavy atom. The Kier molecular flexibility index (Phi) is 6.84. The third-order valence-corrected chi connectivity index (χ3v) is 2.34. The average Bonchev–Trinajstić information content (AvgIpc) is 2.49. The van der Waals surface area contributed by atoms with E-state index in [1.165, 1.54) is 0 Å². The molecule has 3 amide bonds. The Morgan fingerprint density at radius 3 is 2.18 bits per heavy atom. The van der Waals surface area contributed by atoms with Gasteiger partial charge in [0.15, 0.2) is 0 Å². The largest absolute Gasteiger partial charge is 0.478 e. The molecule has 0 aromatic heterocycles. The third-order valence-electron chi connectivity index (χ3n) is 2.34. The van der Waals surface area contributed by atoms with Crippen LogP contribution in [0.15, 0.2) is 42.5 Å². The molecule has 116 valence electrons. The molecule has 8 heteroatoms. The predicted octanol–water partition coefficient (Wildman–Crippen LogP) is 0.193. The van der Waals surface area contributed by atoms with Crippen LogP contribution >= 0.6 is 0 Å². The molecular formula is C14H15N3O5. The molecule has 0 atom stereocenters. The maximum absolute atomic E-state index is 11.6. The van der Waals surface area contributed by atoms with Crippen molar-refractivity contribution in [2.75, 3.05) is 5.32 Å². The van der Waals surface area contributed by atoms with Gasteiger partial charge in [-0.15, -0.1) is 0 Å². The van der Waals surface area contributed by atoms with Crippen molar-refractivity contribution in [3.8, 4) is 0 Å². The monoisotopic (exact) mass is 305 g/mol. The maximum atomic E-state index is 11.6. The van der Waals surface area contributed by atoms with Gasteiger partial charge in [-0.2, -0.15) is 0 Å². The second-order valence-electron chi connectivity index (χ2n) is 4.12. The fourth-order valence-corrected chi connectivity index (χ4v) is 1.35. The van der Waals surface area contributed by atoms with Gasteiger partial charge in [0, 0.05) is 30.7 Å². The number of aliphatic carboxylic acids is 1. The van der Waals surface area contributed by atoms with Crippen molar-refractivity contribution >= 4 is 29.4 Å². The molecule has 0 radical (unpaired) electrons. The van der Waals surface area contributed by atoms with Gasteiger partial charge in [-0.1, -0.05) is 18.2 Å². The number of carbonyl (C=O) groups excluding carboxylic acids is 3. The number of benzene rings is 1. The van der Waals surface area contributed by atoms with Crippen molar-refractivity contribution in [2.24, 2.45) is 0 Å². The fraction of sp³-hybridized carbons (Fsp3) is 0.143. The number of hydrazine groups is 1. The first-order valence-corrected chi connectivity index (χ1v) is 6.32. The lowest BCUT2D eigenvalue weighted by Gasteiger charge is -2.06. The molecular weight excluding hydrogens is 290 g/mol. The van der Waals surface area contributed by atoms with E-state index >= 15 is 0 Å². The molecule has 0 bridgehead atoms. The number of carboxylic acid groups (broad SMARTS) is 1. The molecule has 0 saturated carbocycles. The summed E-state index contributed by atoms with van der Waals surface area (Å²) in [4.78, 5) is 44.2. The molecule has 0 spiro atoms. The first-order chi connectivity index (χ1) is 10.5. The Morgan fingerprint density at radius 2 is 1.55 bits per heavy atom. The molecule has 0 saturated heterocycles. The molecule has 0 heterocycles. The van der Waals surface area contributed by atoms with E-state index in [4.69, 9.17) is 5.11 Å². The minimum absolute atomic E-state index is 0.0540. The Bertz CT molecular complexity index is 583. The highest BCUT2D eigenvalue weighted by Crippen LogP contribution is 2.05. The van der Waals surface area contributed by atoms with Crippen LogP contribution in [0.4, 0.5) is 5.69 Å². The summed E-state index contributed by atoms with van der Waals surface area (Å²) in [5.41, 5.74) is 4.68. The van der Waals surface area contributed by atoms with E-state index in [-0.39, 0.29) is 18.7 Å². The molecule has 0 aliphatic carbocycles. The first kappa shape index (κ1) is 16.9. The van der Waals surface area contributed by atoms with Crippen LogP contribution in [0.1, 0.15) is 12.8 Å². The number of carbonyl (C=O) groups is 4. The molecule has 0 unspecified atom stereocenters. The second-order valence-corrected chi connectivity index (χ2v) is 4.12. The molecule has 8 nitrogen and oxygen atoms in total. The van der Waals surface area contributed by atoms with Crippen molar-refractivity contribution in [1.82, 2.24) is 10.9 Å². The van der Waals surface area contributed by atoms with Crippen molar-refractivity contribution in [1.29, 1.82) is 0 Å². The van der Waals surface area contributed by atoms with Crippen LogP contribution in [-0.2, 0) is 19.2 Å². The SMILES string of the molecule is O=C(O)C=CC(=O)NNC(=O)CCC(=O)Nc1ccccc1. The van der Waals surface area contributed by atoms with Gasteiger partial charge in [0.2, 0.25) is 11.8 Å². The van der Waals surface area contributed by atoms with Gasteiger partial charge in [0.05, 0.1) is 0 Å². The zero-order chi connectivity index (χ0) is 16.4. The first-order valence-electron chi connectivity index (χ1n) is 6.32. The Balaban J connectivity index is 2.24. The number of hydrogen-bond acceptors (Lipinski definition) is 4. The van der Waals surface area contributed by atoms with Gasteiger partial charge < -0.3 is 10.4 Å². The topological polar surface area (TPSA) is 125 Å². The van der Waals surface area contributed by atoms with Crippen LogP contribution < -0.4 is 16.2 Å². The van der Waals surface area contributed by atoms with E-state index < -0.39 is 17.8 Å². The number of para-hydroxylation sites is 1. The highest BCUT2D eigenvalue weighted by atomic mass is 16.4. The summed E-state index contributed by atoms with van der Waals surface area (Å²) in [6.45, 7) is 0. The maximum Gasteiger partial charge on any atom is 0.328 e. The van der Waals surface area contributed by atoms with E-state index in [2.05, 4.69) is 10.7 Å². The molecule has 0 fully saturated rings. The van der Waals surface area contributed by atoms with Crippen molar-refractivity contribution in [2.45, 2.75) is 12.8 Å². The number of nitrogens with one attached hydrogen (secondary N) is 3. The van der Waals surface area contributed by atoms with Crippen molar-refractivity contribution in [3.63, 3.8) is 0 Å². The molecule has 0 aliphatic heterocycles. The molecule has 1 aromatic carbocycles. The minimum Gasteiger partial charge on any atom is -0.478 e. The van der Waals surface area contributed by atoms with Crippen LogP contribution in [0.5, 0.6) is 0 Å². The van der Waals surface area contributed by atoms with E-state index in [0.29, 0.717) is 11.8 Å². The summed E-state index contributed by atoms with van der Waals surface area (Å²) in [7, 11) is 0. The molecule has 1 aromatic rings.